The minimum absolute atomic E-state index is 0.122. The van der Waals surface area contributed by atoms with Crippen LogP contribution in [0.2, 0.25) is 0 Å². The zero-order valence-corrected chi connectivity index (χ0v) is 17.3. The molecule has 0 radical (unpaired) electrons. The summed E-state index contributed by atoms with van der Waals surface area (Å²) in [5.41, 5.74) is 2.56. The molecule has 2 saturated heterocycles. The van der Waals surface area contributed by atoms with E-state index >= 15 is 0 Å². The number of benzene rings is 1. The highest BCUT2D eigenvalue weighted by Crippen LogP contribution is 2.23. The zero-order chi connectivity index (χ0) is 20.1. The maximum absolute atomic E-state index is 13.2. The summed E-state index contributed by atoms with van der Waals surface area (Å²) in [5, 5.41) is 3.45. The van der Waals surface area contributed by atoms with Crippen LogP contribution in [0.4, 0.5) is 5.82 Å². The zero-order valence-electron chi connectivity index (χ0n) is 17.3. The van der Waals surface area contributed by atoms with Crippen molar-refractivity contribution in [1.82, 2.24) is 20.1 Å². The Bertz CT molecular complexity index is 787. The van der Waals surface area contributed by atoms with Crippen LogP contribution in [0.3, 0.4) is 0 Å². The normalized spacial score (nSPS) is 20.7. The van der Waals surface area contributed by atoms with E-state index in [1.54, 1.807) is 0 Å². The summed E-state index contributed by atoms with van der Waals surface area (Å²) >= 11 is 0. The Balaban J connectivity index is 1.35. The molecule has 6 nitrogen and oxygen atoms in total. The highest BCUT2D eigenvalue weighted by molar-refractivity contribution is 5.79. The standard InChI is InChI=1S/C23H31N5O/c1-2-19-6-8-20(9-7-19)21-17-24-11-12-28(21)23(29)18-26-13-15-27(16-14-26)22-5-3-4-10-25-22/h3-10,21,24H,2,11-18H2,1H3. The van der Waals surface area contributed by atoms with E-state index in [1.165, 1.54) is 11.1 Å². The fourth-order valence-electron chi connectivity index (χ4n) is 4.23. The summed E-state index contributed by atoms with van der Waals surface area (Å²) in [5.74, 6) is 1.26. The minimum Gasteiger partial charge on any atom is -0.354 e. The number of carbonyl (C=O) groups excluding carboxylic acids is 1. The predicted molar refractivity (Wildman–Crippen MR) is 116 cm³/mol. The van der Waals surface area contributed by atoms with Crippen LogP contribution in [0.5, 0.6) is 0 Å². The molecule has 1 aromatic carbocycles. The van der Waals surface area contributed by atoms with E-state index in [0.717, 1.165) is 58.1 Å². The van der Waals surface area contributed by atoms with Crippen LogP contribution in [0.25, 0.3) is 0 Å². The number of carbonyl (C=O) groups is 1. The Labute approximate surface area is 173 Å². The monoisotopic (exact) mass is 393 g/mol. The van der Waals surface area contributed by atoms with Crippen LogP contribution in [-0.4, -0.2) is 73.0 Å². The number of hydrogen-bond donors (Lipinski definition) is 1. The van der Waals surface area contributed by atoms with Crippen LogP contribution < -0.4 is 10.2 Å². The average molecular weight is 394 g/mol. The number of rotatable bonds is 5. The van der Waals surface area contributed by atoms with Gasteiger partial charge in [0.1, 0.15) is 5.82 Å². The molecule has 3 heterocycles. The van der Waals surface area contributed by atoms with Crippen molar-refractivity contribution in [3.63, 3.8) is 0 Å². The Morgan fingerprint density at radius 2 is 1.86 bits per heavy atom. The molecule has 0 bridgehead atoms. The van der Waals surface area contributed by atoms with E-state index < -0.39 is 0 Å². The molecule has 0 saturated carbocycles. The van der Waals surface area contributed by atoms with Crippen molar-refractivity contribution in [3.8, 4) is 0 Å². The van der Waals surface area contributed by atoms with Gasteiger partial charge in [0.15, 0.2) is 0 Å². The molecule has 2 aliphatic rings. The number of nitrogens with one attached hydrogen (secondary N) is 1. The Kier molecular flexibility index (Phi) is 6.42. The molecule has 4 rings (SSSR count). The SMILES string of the molecule is CCc1ccc(C2CNCCN2C(=O)CN2CCN(c3ccccn3)CC2)cc1. The molecule has 2 aliphatic heterocycles. The van der Waals surface area contributed by atoms with E-state index in [2.05, 4.69) is 62.3 Å². The molecule has 1 atom stereocenters. The summed E-state index contributed by atoms with van der Waals surface area (Å²) in [6, 6.07) is 14.9. The third kappa shape index (κ3) is 4.77. The molecule has 0 spiro atoms. The van der Waals surface area contributed by atoms with Gasteiger partial charge in [0.05, 0.1) is 12.6 Å². The summed E-state index contributed by atoms with van der Waals surface area (Å²) in [6.45, 7) is 8.73. The van der Waals surface area contributed by atoms with Crippen LogP contribution in [0.1, 0.15) is 24.1 Å². The van der Waals surface area contributed by atoms with Crippen molar-refractivity contribution in [1.29, 1.82) is 0 Å². The molecule has 1 amide bonds. The Morgan fingerprint density at radius 3 is 2.55 bits per heavy atom. The number of pyridine rings is 1. The second-order valence-corrected chi connectivity index (χ2v) is 7.85. The topological polar surface area (TPSA) is 51.7 Å². The molecule has 1 aromatic heterocycles. The summed E-state index contributed by atoms with van der Waals surface area (Å²) in [6.07, 6.45) is 2.87. The summed E-state index contributed by atoms with van der Waals surface area (Å²) in [7, 11) is 0. The van der Waals surface area contributed by atoms with E-state index in [9.17, 15) is 4.79 Å². The fraction of sp³-hybridized carbons (Fsp3) is 0.478. The maximum Gasteiger partial charge on any atom is 0.237 e. The first kappa shape index (κ1) is 19.9. The highest BCUT2D eigenvalue weighted by atomic mass is 16.2. The van der Waals surface area contributed by atoms with Crippen molar-refractivity contribution >= 4 is 11.7 Å². The third-order valence-corrected chi connectivity index (χ3v) is 6.04. The lowest BCUT2D eigenvalue weighted by Crippen LogP contribution is -2.54. The summed E-state index contributed by atoms with van der Waals surface area (Å²) in [4.78, 5) is 24.2. The van der Waals surface area contributed by atoms with Crippen molar-refractivity contribution < 1.29 is 4.79 Å². The first-order chi connectivity index (χ1) is 14.2. The van der Waals surface area contributed by atoms with Gasteiger partial charge in [-0.25, -0.2) is 4.98 Å². The number of aryl methyl sites for hydroxylation is 1. The van der Waals surface area contributed by atoms with Gasteiger partial charge in [-0.1, -0.05) is 37.3 Å². The number of piperazine rings is 2. The fourth-order valence-corrected chi connectivity index (χ4v) is 4.23. The lowest BCUT2D eigenvalue weighted by atomic mass is 10.0. The van der Waals surface area contributed by atoms with Crippen molar-refractivity contribution in [2.45, 2.75) is 19.4 Å². The van der Waals surface area contributed by atoms with Gasteiger partial charge in [-0.2, -0.15) is 0 Å². The molecule has 2 aromatic rings. The number of aromatic nitrogens is 1. The van der Waals surface area contributed by atoms with Gasteiger partial charge in [-0.15, -0.1) is 0 Å². The number of anilines is 1. The Hall–Kier alpha value is -2.44. The van der Waals surface area contributed by atoms with Gasteiger partial charge in [-0.3, -0.25) is 9.69 Å². The van der Waals surface area contributed by atoms with Gasteiger partial charge in [0.25, 0.3) is 0 Å². The van der Waals surface area contributed by atoms with E-state index in [1.807, 2.05) is 18.3 Å². The van der Waals surface area contributed by atoms with Gasteiger partial charge in [0.2, 0.25) is 5.91 Å². The third-order valence-electron chi connectivity index (χ3n) is 6.04. The van der Waals surface area contributed by atoms with Crippen LogP contribution >= 0.6 is 0 Å². The van der Waals surface area contributed by atoms with Crippen LogP contribution in [0, 0.1) is 0 Å². The van der Waals surface area contributed by atoms with Crippen LogP contribution in [0.15, 0.2) is 48.7 Å². The van der Waals surface area contributed by atoms with Crippen molar-refractivity contribution in [2.24, 2.45) is 0 Å². The van der Waals surface area contributed by atoms with Gasteiger partial charge >= 0.3 is 0 Å². The van der Waals surface area contributed by atoms with Crippen LogP contribution in [-0.2, 0) is 11.2 Å². The first-order valence-electron chi connectivity index (χ1n) is 10.7. The van der Waals surface area contributed by atoms with Gasteiger partial charge in [0, 0.05) is 52.0 Å². The molecule has 6 heteroatoms. The van der Waals surface area contributed by atoms with E-state index in [0.29, 0.717) is 6.54 Å². The average Bonchev–Trinajstić information content (AvgIpc) is 2.80. The number of hydrogen-bond acceptors (Lipinski definition) is 5. The minimum atomic E-state index is 0.122. The lowest BCUT2D eigenvalue weighted by Gasteiger charge is -2.39. The van der Waals surface area contributed by atoms with Crippen molar-refractivity contribution in [2.75, 3.05) is 57.3 Å². The van der Waals surface area contributed by atoms with Gasteiger partial charge < -0.3 is 15.1 Å². The maximum atomic E-state index is 13.2. The number of nitrogens with zero attached hydrogens (tertiary/aromatic N) is 4. The van der Waals surface area contributed by atoms with Gasteiger partial charge in [-0.05, 0) is 29.7 Å². The molecular weight excluding hydrogens is 362 g/mol. The molecule has 29 heavy (non-hydrogen) atoms. The largest absolute Gasteiger partial charge is 0.354 e. The Morgan fingerprint density at radius 1 is 1.07 bits per heavy atom. The van der Waals surface area contributed by atoms with Crippen molar-refractivity contribution in [3.05, 3.63) is 59.8 Å². The number of amides is 1. The molecule has 154 valence electrons. The summed E-state index contributed by atoms with van der Waals surface area (Å²) < 4.78 is 0. The molecule has 2 fully saturated rings. The quantitative estimate of drug-likeness (QED) is 0.841. The molecule has 1 N–H and O–H groups in total. The highest BCUT2D eigenvalue weighted by Gasteiger charge is 2.29. The molecular formula is C23H31N5O. The predicted octanol–water partition coefficient (Wildman–Crippen LogP) is 1.94. The first-order valence-corrected chi connectivity index (χ1v) is 10.7. The second-order valence-electron chi connectivity index (χ2n) is 7.85. The molecule has 0 aliphatic carbocycles. The van der Waals surface area contributed by atoms with E-state index in [4.69, 9.17) is 0 Å². The second kappa shape index (κ2) is 9.37. The molecule has 1 unspecified atom stereocenters. The van der Waals surface area contributed by atoms with E-state index in [-0.39, 0.29) is 11.9 Å². The smallest absolute Gasteiger partial charge is 0.237 e. The lowest BCUT2D eigenvalue weighted by molar-refractivity contribution is -0.135.